The number of aromatic hydroxyl groups is 7. The monoisotopic (exact) mass is 1890 g/mol. The summed E-state index contributed by atoms with van der Waals surface area (Å²) in [6.45, 7) is 8.23. The van der Waals surface area contributed by atoms with E-state index in [4.69, 9.17) is 8.83 Å². The standard InChI is InChI=1S/C22H16N2O4.C21H14N2O4.C19H16N2O3.2C19H16N2O2.C12H10O2.3CH4/c1-13(17-11-16-8-4-5-9-20(16)28-22(17)27)23-24-21(26)18-10-14-6-2-3-7-15(14)12-19(18)25;24-18-10-14-6-2-1-5-13(14)9-17(18)21(26)23-22-11-15-12-27-19-8-4-3-7-16(19)20(15)25;1-12(20-21-19(24)16-8-4-5-9-17(16)22)14-11-10-13-6-2-3-7-15(13)18(14)23;2*1-13(20-21-19(23)15-8-3-2-4-9-15)16-12-11-14-7-5-6-10-17(14)18(16)22;1-8(13)10-7-6-9-4-2-3-5-11(9)12(10)14;;;/h2-12,25H,1H3,(H,24,26);1-12,24H,(H,23,26);2-11,22-23H,1H3,(H,21,24);2*2-12,22H,1H3,(H,21,23);2-7,14H,1H3;3*1H4/b23-13+;22-11+;20-12+;2*20-13+;;;;. The van der Waals surface area contributed by atoms with Gasteiger partial charge in [0.25, 0.3) is 29.5 Å². The molecule has 712 valence electrons. The van der Waals surface area contributed by atoms with Gasteiger partial charge in [0.2, 0.25) is 5.43 Å². The number of hydrogen-bond donors (Lipinski definition) is 12. The zero-order valence-electron chi connectivity index (χ0n) is 75.2. The molecule has 0 fully saturated rings. The number of phenolic OH excluding ortho intramolecular Hbond substituents is 7. The number of carbonyl (C=O) groups excluding carboxylic acids is 6. The van der Waals surface area contributed by atoms with Crippen LogP contribution in [-0.4, -0.2) is 100 Å². The molecule has 0 unspecified atom stereocenters. The number of benzene rings is 17. The van der Waals surface area contributed by atoms with Crippen LogP contribution in [0.3, 0.4) is 0 Å². The lowest BCUT2D eigenvalue weighted by atomic mass is 10.0. The zero-order valence-corrected chi connectivity index (χ0v) is 75.2. The highest BCUT2D eigenvalue weighted by Gasteiger charge is 2.20. The summed E-state index contributed by atoms with van der Waals surface area (Å²) in [6.07, 6.45) is 2.50. The molecule has 0 aliphatic rings. The first-order valence-electron chi connectivity index (χ1n) is 43.2. The van der Waals surface area contributed by atoms with Gasteiger partial charge in [-0.1, -0.05) is 271 Å². The molecule has 0 radical (unpaired) electrons. The quantitative estimate of drug-likeness (QED) is 0.0185. The second-order valence-corrected chi connectivity index (χ2v) is 31.2. The maximum absolute atomic E-state index is 12.5. The Kier molecular flexibility index (Phi) is 35.1. The number of Topliss-reactive ketones (excluding diaryl/α,β-unsaturated/α-hetero) is 1. The summed E-state index contributed by atoms with van der Waals surface area (Å²) in [4.78, 5) is 96.5. The van der Waals surface area contributed by atoms with Gasteiger partial charge in [-0.15, -0.1) is 0 Å². The van der Waals surface area contributed by atoms with Crippen LogP contribution < -0.4 is 38.2 Å². The van der Waals surface area contributed by atoms with Crippen molar-refractivity contribution in [1.82, 2.24) is 27.1 Å². The SMILES string of the molecule is C.C.C.C/C(=N\NC(=O)c1cc2ccccc2cc1O)c1cc2ccccc2oc1=O.C/C(=N\NC(=O)c1ccccc1)c1ccc2ccccc2c1O.C/C(=N\NC(=O)c1ccccc1)c1ccc2ccccc2c1O.C/C(=N\NC(=O)c1ccccc1O)c1ccc2ccccc2c1O.CC(=O)c1ccc2ccccc2c1O.O=C(N/N=C/c1coc2ccccc2c1=O)c1cc2ccccc2cc1O. The highest BCUT2D eigenvalue weighted by atomic mass is 16.4. The number of rotatable bonds is 16. The Morgan fingerprint density at radius 1 is 0.268 bits per heavy atom. The van der Waals surface area contributed by atoms with E-state index in [0.717, 1.165) is 70.0 Å². The van der Waals surface area contributed by atoms with Gasteiger partial charge in [0.1, 0.15) is 57.7 Å². The van der Waals surface area contributed by atoms with E-state index in [1.54, 1.807) is 173 Å². The number of ketones is 1. The van der Waals surface area contributed by atoms with Crippen molar-refractivity contribution < 1.29 is 73.3 Å². The van der Waals surface area contributed by atoms with E-state index in [2.05, 4.69) is 52.6 Å². The number of amides is 5. The fourth-order valence-corrected chi connectivity index (χ4v) is 14.6. The lowest BCUT2D eigenvalue weighted by molar-refractivity contribution is 0.0944. The summed E-state index contributed by atoms with van der Waals surface area (Å²) in [7, 11) is 0. The third-order valence-corrected chi connectivity index (χ3v) is 22.0. The van der Waals surface area contributed by atoms with Gasteiger partial charge in [-0.25, -0.2) is 31.9 Å². The van der Waals surface area contributed by atoms with E-state index in [1.165, 1.54) is 43.7 Å². The number of nitrogens with zero attached hydrogens (tertiary/aromatic N) is 5. The zero-order chi connectivity index (χ0) is 98.2. The van der Waals surface area contributed by atoms with E-state index in [0.29, 0.717) is 72.8 Å². The van der Waals surface area contributed by atoms with Gasteiger partial charge >= 0.3 is 5.63 Å². The van der Waals surface area contributed by atoms with Crippen LogP contribution in [-0.2, 0) is 0 Å². The fraction of sp³-hybridized carbons (Fsp3) is 0.0696. The van der Waals surface area contributed by atoms with Crippen molar-refractivity contribution in [2.75, 3.05) is 0 Å². The molecule has 27 heteroatoms. The predicted molar refractivity (Wildman–Crippen MR) is 564 cm³/mol. The molecule has 19 rings (SSSR count). The number of carbonyl (C=O) groups is 6. The van der Waals surface area contributed by atoms with Gasteiger partial charge in [-0.3, -0.25) is 33.6 Å². The van der Waals surface area contributed by atoms with Crippen molar-refractivity contribution in [2.24, 2.45) is 25.5 Å². The Hall–Kier alpha value is -19.3. The van der Waals surface area contributed by atoms with E-state index in [-0.39, 0.29) is 113 Å². The minimum atomic E-state index is -0.584. The first-order chi connectivity index (χ1) is 67.3. The van der Waals surface area contributed by atoms with Crippen molar-refractivity contribution in [3.63, 3.8) is 0 Å². The molecule has 19 aromatic rings. The van der Waals surface area contributed by atoms with Crippen LogP contribution in [0.2, 0.25) is 0 Å². The molecule has 17 aromatic carbocycles. The second-order valence-electron chi connectivity index (χ2n) is 31.2. The third kappa shape index (κ3) is 25.1. The normalized spacial score (nSPS) is 11.1. The van der Waals surface area contributed by atoms with Crippen molar-refractivity contribution >= 4 is 151 Å². The molecule has 12 N–H and O–H groups in total. The molecule has 0 saturated carbocycles. The topological polar surface area (TPSA) is 426 Å². The smallest absolute Gasteiger partial charge is 0.345 e. The van der Waals surface area contributed by atoms with Crippen LogP contribution in [0, 0.1) is 0 Å². The van der Waals surface area contributed by atoms with Gasteiger partial charge in [-0.05, 0) is 187 Å². The Morgan fingerprint density at radius 2 is 0.570 bits per heavy atom. The van der Waals surface area contributed by atoms with Crippen molar-refractivity contribution in [3.05, 3.63) is 446 Å². The molecule has 0 bridgehead atoms. The van der Waals surface area contributed by atoms with Crippen molar-refractivity contribution in [1.29, 1.82) is 0 Å². The van der Waals surface area contributed by atoms with E-state index >= 15 is 0 Å². The maximum atomic E-state index is 12.5. The highest BCUT2D eigenvalue weighted by Crippen LogP contribution is 2.35. The van der Waals surface area contributed by atoms with Crippen molar-refractivity contribution in [2.45, 2.75) is 56.9 Å². The van der Waals surface area contributed by atoms with Crippen LogP contribution >= 0.6 is 0 Å². The second kappa shape index (κ2) is 48.2. The summed E-state index contributed by atoms with van der Waals surface area (Å²) in [6, 6.07) is 105. The largest absolute Gasteiger partial charge is 0.507 e. The summed E-state index contributed by atoms with van der Waals surface area (Å²) in [5.74, 6) is -2.25. The number of hydrogen-bond acceptors (Lipinski definition) is 22. The Bertz CT molecular complexity index is 8070. The van der Waals surface area contributed by atoms with Crippen molar-refractivity contribution in [3.8, 4) is 40.2 Å². The maximum Gasteiger partial charge on any atom is 0.345 e. The highest BCUT2D eigenvalue weighted by molar-refractivity contribution is 6.12. The molecular weight excluding hydrogens is 1790 g/mol. The number of nitrogens with one attached hydrogen (secondary N) is 5. The fourth-order valence-electron chi connectivity index (χ4n) is 14.6. The number of phenols is 7. The van der Waals surface area contributed by atoms with Crippen LogP contribution in [0.15, 0.2) is 408 Å². The summed E-state index contributed by atoms with van der Waals surface area (Å²) >= 11 is 0. The Morgan fingerprint density at radius 3 is 0.979 bits per heavy atom. The molecule has 27 nitrogen and oxygen atoms in total. The summed E-state index contributed by atoms with van der Waals surface area (Å²) in [5, 5.41) is 102. The summed E-state index contributed by atoms with van der Waals surface area (Å²) < 4.78 is 10.7. The van der Waals surface area contributed by atoms with Gasteiger partial charge in [0.05, 0.1) is 67.8 Å². The van der Waals surface area contributed by atoms with Gasteiger partial charge in [-0.2, -0.15) is 25.5 Å². The average Bonchev–Trinajstić information content (AvgIpc) is 0.798. The molecule has 0 spiro atoms. The Balaban J connectivity index is 0.000000163. The molecule has 2 heterocycles. The van der Waals surface area contributed by atoms with Gasteiger partial charge < -0.3 is 44.6 Å². The first-order valence-corrected chi connectivity index (χ1v) is 43.2. The lowest BCUT2D eigenvalue weighted by Gasteiger charge is -2.08. The molecule has 0 saturated heterocycles. The molecule has 5 amide bonds. The third-order valence-electron chi connectivity index (χ3n) is 22.0. The van der Waals surface area contributed by atoms with E-state index in [1.807, 2.05) is 188 Å². The number of hydrazone groups is 5. The molecule has 0 aliphatic carbocycles. The first kappa shape index (κ1) is 103. The molecule has 0 atom stereocenters. The van der Waals surface area contributed by atoms with Crippen LogP contribution in [0.1, 0.15) is 147 Å². The Labute approximate surface area is 815 Å². The van der Waals surface area contributed by atoms with Gasteiger partial charge in [0, 0.05) is 54.7 Å². The minimum Gasteiger partial charge on any atom is -0.507 e. The van der Waals surface area contributed by atoms with Gasteiger partial charge in [0.15, 0.2) is 5.78 Å². The van der Waals surface area contributed by atoms with E-state index in [9.17, 15) is 74.1 Å². The summed E-state index contributed by atoms with van der Waals surface area (Å²) in [5.41, 5.74) is 18.1. The number of fused-ring (bicyclic) bond motifs is 8. The predicted octanol–water partition coefficient (Wildman–Crippen LogP) is 22.7. The van der Waals surface area contributed by atoms with Crippen LogP contribution in [0.25, 0.3) is 86.6 Å². The number of para-hydroxylation sites is 3. The van der Waals surface area contributed by atoms with Crippen LogP contribution in [0.5, 0.6) is 40.2 Å². The average molecular weight is 1890 g/mol. The minimum absolute atomic E-state index is 0. The molecule has 2 aromatic heterocycles. The molecule has 0 aliphatic heterocycles. The molecular formula is C115H100N10O17. The lowest BCUT2D eigenvalue weighted by Crippen LogP contribution is -2.21. The van der Waals surface area contributed by atoms with E-state index < -0.39 is 23.3 Å². The molecule has 142 heavy (non-hydrogen) atoms. The van der Waals surface area contributed by atoms with Crippen LogP contribution in [0.4, 0.5) is 0 Å².